The van der Waals surface area contributed by atoms with E-state index in [4.69, 9.17) is 16.7 Å². The molecule has 13 heavy (non-hydrogen) atoms. The van der Waals surface area contributed by atoms with Crippen LogP contribution in [0.25, 0.3) is 0 Å². The zero-order valence-corrected chi connectivity index (χ0v) is 8.08. The van der Waals surface area contributed by atoms with E-state index in [1.807, 2.05) is 0 Å². The van der Waals surface area contributed by atoms with E-state index >= 15 is 0 Å². The SMILES string of the molecule is CC(Cl)C(=O)c1cccc(CO)c1. The first kappa shape index (κ1) is 10.2. The van der Waals surface area contributed by atoms with E-state index in [2.05, 4.69) is 0 Å². The Kier molecular flexibility index (Phi) is 3.46. The van der Waals surface area contributed by atoms with Crippen molar-refractivity contribution in [3.63, 3.8) is 0 Å². The second-order valence-corrected chi connectivity index (χ2v) is 3.49. The molecule has 0 heterocycles. The molecule has 0 fully saturated rings. The third kappa shape index (κ3) is 2.54. The number of carbonyl (C=O) groups is 1. The van der Waals surface area contributed by atoms with Gasteiger partial charge in [-0.25, -0.2) is 0 Å². The van der Waals surface area contributed by atoms with Gasteiger partial charge in [-0.1, -0.05) is 18.2 Å². The van der Waals surface area contributed by atoms with Crippen LogP contribution in [0.3, 0.4) is 0 Å². The third-order valence-corrected chi connectivity index (χ3v) is 1.95. The lowest BCUT2D eigenvalue weighted by molar-refractivity contribution is 0.0991. The highest BCUT2D eigenvalue weighted by Gasteiger charge is 2.11. The second kappa shape index (κ2) is 4.40. The molecule has 3 heteroatoms. The van der Waals surface area contributed by atoms with Gasteiger partial charge in [-0.05, 0) is 18.6 Å². The van der Waals surface area contributed by atoms with Gasteiger partial charge in [0.05, 0.1) is 12.0 Å². The Morgan fingerprint density at radius 3 is 2.85 bits per heavy atom. The van der Waals surface area contributed by atoms with Crippen molar-refractivity contribution in [3.05, 3.63) is 35.4 Å². The fourth-order valence-electron chi connectivity index (χ4n) is 1.05. The predicted molar refractivity (Wildman–Crippen MR) is 52.0 cm³/mol. The molecule has 1 aromatic rings. The summed E-state index contributed by atoms with van der Waals surface area (Å²) >= 11 is 5.65. The smallest absolute Gasteiger partial charge is 0.180 e. The van der Waals surface area contributed by atoms with Gasteiger partial charge < -0.3 is 5.11 Å². The highest BCUT2D eigenvalue weighted by molar-refractivity contribution is 6.33. The lowest BCUT2D eigenvalue weighted by atomic mass is 10.1. The number of rotatable bonds is 3. The standard InChI is InChI=1S/C10H11ClO2/c1-7(11)10(13)9-4-2-3-8(5-9)6-12/h2-5,7,12H,6H2,1H3. The van der Waals surface area contributed by atoms with E-state index in [-0.39, 0.29) is 12.4 Å². The van der Waals surface area contributed by atoms with Crippen molar-refractivity contribution in [1.82, 2.24) is 0 Å². The summed E-state index contributed by atoms with van der Waals surface area (Å²) in [6, 6.07) is 6.84. The molecule has 1 aromatic carbocycles. The van der Waals surface area contributed by atoms with E-state index in [0.717, 1.165) is 5.56 Å². The number of alkyl halides is 1. The molecule has 0 bridgehead atoms. The molecule has 0 aliphatic heterocycles. The summed E-state index contributed by atoms with van der Waals surface area (Å²) in [7, 11) is 0. The van der Waals surface area contributed by atoms with Crippen molar-refractivity contribution in [2.45, 2.75) is 18.9 Å². The lowest BCUT2D eigenvalue weighted by Gasteiger charge is -2.03. The van der Waals surface area contributed by atoms with Gasteiger partial charge in [-0.2, -0.15) is 0 Å². The van der Waals surface area contributed by atoms with Crippen LogP contribution < -0.4 is 0 Å². The second-order valence-electron chi connectivity index (χ2n) is 2.84. The summed E-state index contributed by atoms with van der Waals surface area (Å²) in [6.45, 7) is 1.58. The molecule has 0 spiro atoms. The topological polar surface area (TPSA) is 37.3 Å². The Balaban J connectivity index is 2.95. The van der Waals surface area contributed by atoms with Gasteiger partial charge in [0, 0.05) is 5.56 Å². The van der Waals surface area contributed by atoms with Gasteiger partial charge in [0.25, 0.3) is 0 Å². The monoisotopic (exact) mass is 198 g/mol. The molecule has 0 saturated heterocycles. The number of aliphatic hydroxyl groups excluding tert-OH is 1. The minimum atomic E-state index is -0.519. The minimum Gasteiger partial charge on any atom is -0.392 e. The summed E-state index contributed by atoms with van der Waals surface area (Å²) in [5.41, 5.74) is 1.28. The summed E-state index contributed by atoms with van der Waals surface area (Å²) in [6.07, 6.45) is 0. The Morgan fingerprint density at radius 1 is 1.62 bits per heavy atom. The number of benzene rings is 1. The minimum absolute atomic E-state index is 0.0578. The van der Waals surface area contributed by atoms with E-state index in [1.54, 1.807) is 31.2 Å². The van der Waals surface area contributed by atoms with E-state index in [9.17, 15) is 4.79 Å². The molecule has 1 atom stereocenters. The molecule has 0 radical (unpaired) electrons. The average molecular weight is 199 g/mol. The van der Waals surface area contributed by atoms with Gasteiger partial charge >= 0.3 is 0 Å². The number of Topliss-reactive ketones (excluding diaryl/α,β-unsaturated/α-hetero) is 1. The predicted octanol–water partition coefficient (Wildman–Crippen LogP) is 1.99. The van der Waals surface area contributed by atoms with Gasteiger partial charge in [-0.3, -0.25) is 4.79 Å². The molecular weight excluding hydrogens is 188 g/mol. The lowest BCUT2D eigenvalue weighted by Crippen LogP contribution is -2.10. The van der Waals surface area contributed by atoms with Crippen molar-refractivity contribution in [3.8, 4) is 0 Å². The number of halogens is 1. The van der Waals surface area contributed by atoms with Gasteiger partial charge in [0.15, 0.2) is 5.78 Å². The van der Waals surface area contributed by atoms with Crippen molar-refractivity contribution in [1.29, 1.82) is 0 Å². The molecule has 0 aromatic heterocycles. The maximum Gasteiger partial charge on any atom is 0.180 e. The van der Waals surface area contributed by atoms with Crippen molar-refractivity contribution >= 4 is 17.4 Å². The quantitative estimate of drug-likeness (QED) is 0.596. The Morgan fingerprint density at radius 2 is 2.31 bits per heavy atom. The molecule has 0 amide bonds. The zero-order chi connectivity index (χ0) is 9.84. The van der Waals surface area contributed by atoms with Crippen LogP contribution in [0.4, 0.5) is 0 Å². The molecule has 2 nitrogen and oxygen atoms in total. The molecule has 1 unspecified atom stereocenters. The third-order valence-electron chi connectivity index (χ3n) is 1.76. The van der Waals surface area contributed by atoms with Gasteiger partial charge in [-0.15, -0.1) is 11.6 Å². The summed E-state index contributed by atoms with van der Waals surface area (Å²) in [5, 5.41) is 8.32. The van der Waals surface area contributed by atoms with Crippen molar-refractivity contribution in [2.75, 3.05) is 0 Å². The summed E-state index contributed by atoms with van der Waals surface area (Å²) < 4.78 is 0. The highest BCUT2D eigenvalue weighted by Crippen LogP contribution is 2.10. The molecular formula is C10H11ClO2. The van der Waals surface area contributed by atoms with Crippen LogP contribution in [0.1, 0.15) is 22.8 Å². The summed E-state index contributed by atoms with van der Waals surface area (Å²) in [4.78, 5) is 11.4. The number of hydrogen-bond donors (Lipinski definition) is 1. The van der Waals surface area contributed by atoms with Crippen LogP contribution in [0, 0.1) is 0 Å². The van der Waals surface area contributed by atoms with Gasteiger partial charge in [0.2, 0.25) is 0 Å². The molecule has 1 N–H and O–H groups in total. The molecule has 0 aliphatic carbocycles. The summed E-state index contributed by atoms with van der Waals surface area (Å²) in [5.74, 6) is -0.114. The first-order chi connectivity index (χ1) is 6.15. The fourth-order valence-corrected chi connectivity index (χ4v) is 1.18. The van der Waals surface area contributed by atoms with E-state index in [0.29, 0.717) is 5.56 Å². The van der Waals surface area contributed by atoms with E-state index in [1.165, 1.54) is 0 Å². The highest BCUT2D eigenvalue weighted by atomic mass is 35.5. The van der Waals surface area contributed by atoms with Crippen LogP contribution in [-0.2, 0) is 6.61 Å². The largest absolute Gasteiger partial charge is 0.392 e. The van der Waals surface area contributed by atoms with Crippen LogP contribution in [0.15, 0.2) is 24.3 Å². The number of aliphatic hydroxyl groups is 1. The Labute approximate surface area is 82.2 Å². The zero-order valence-electron chi connectivity index (χ0n) is 7.33. The Bertz CT molecular complexity index is 308. The first-order valence-corrected chi connectivity index (χ1v) is 4.47. The molecule has 0 saturated carbocycles. The Hall–Kier alpha value is -0.860. The number of carbonyl (C=O) groups excluding carboxylic acids is 1. The molecule has 70 valence electrons. The molecule has 1 rings (SSSR count). The molecule has 0 aliphatic rings. The fraction of sp³-hybridized carbons (Fsp3) is 0.300. The maximum atomic E-state index is 11.4. The number of ketones is 1. The average Bonchev–Trinajstić information content (AvgIpc) is 2.16. The van der Waals surface area contributed by atoms with E-state index < -0.39 is 5.38 Å². The number of hydrogen-bond acceptors (Lipinski definition) is 2. The van der Waals surface area contributed by atoms with Crippen LogP contribution in [0.5, 0.6) is 0 Å². The van der Waals surface area contributed by atoms with Crippen molar-refractivity contribution in [2.24, 2.45) is 0 Å². The van der Waals surface area contributed by atoms with Gasteiger partial charge in [0.1, 0.15) is 0 Å². The van der Waals surface area contributed by atoms with Crippen LogP contribution in [-0.4, -0.2) is 16.3 Å². The normalized spacial score (nSPS) is 12.5. The maximum absolute atomic E-state index is 11.4. The van der Waals surface area contributed by atoms with Crippen molar-refractivity contribution < 1.29 is 9.90 Å². The first-order valence-electron chi connectivity index (χ1n) is 4.03. The van der Waals surface area contributed by atoms with Crippen LogP contribution in [0.2, 0.25) is 0 Å². The van der Waals surface area contributed by atoms with Crippen LogP contribution >= 0.6 is 11.6 Å².